The Morgan fingerprint density at radius 1 is 1.56 bits per heavy atom. The Bertz CT molecular complexity index is 288. The van der Waals surface area contributed by atoms with Crippen molar-refractivity contribution in [3.63, 3.8) is 0 Å². The van der Waals surface area contributed by atoms with Gasteiger partial charge in [-0.25, -0.2) is 4.79 Å². The molecule has 2 unspecified atom stereocenters. The third-order valence-electron chi connectivity index (χ3n) is 2.66. The maximum absolute atomic E-state index is 11.6. The summed E-state index contributed by atoms with van der Waals surface area (Å²) in [7, 11) is 1.31. The van der Waals surface area contributed by atoms with E-state index in [2.05, 4.69) is 11.4 Å². The molecule has 0 spiro atoms. The van der Waals surface area contributed by atoms with Gasteiger partial charge in [0.05, 0.1) is 6.54 Å². The van der Waals surface area contributed by atoms with E-state index in [4.69, 9.17) is 9.84 Å². The van der Waals surface area contributed by atoms with Gasteiger partial charge in [0, 0.05) is 13.0 Å². The summed E-state index contributed by atoms with van der Waals surface area (Å²) >= 11 is 0. The highest BCUT2D eigenvalue weighted by molar-refractivity contribution is 5.80. The minimum absolute atomic E-state index is 0.0187. The first kappa shape index (κ1) is 12.7. The first-order valence-electron chi connectivity index (χ1n) is 5.33. The van der Waals surface area contributed by atoms with Gasteiger partial charge < -0.3 is 15.2 Å². The number of carboxylic acids is 1. The van der Waals surface area contributed by atoms with Gasteiger partial charge in [-0.1, -0.05) is 12.2 Å². The summed E-state index contributed by atoms with van der Waals surface area (Å²) in [5.41, 5.74) is 0. The van der Waals surface area contributed by atoms with Crippen LogP contribution in [0.1, 0.15) is 19.3 Å². The average Bonchev–Trinajstić information content (AvgIpc) is 2.30. The van der Waals surface area contributed by atoms with Gasteiger partial charge in [0.2, 0.25) is 5.91 Å². The lowest BCUT2D eigenvalue weighted by Crippen LogP contribution is -2.40. The average molecular weight is 227 g/mol. The van der Waals surface area contributed by atoms with E-state index in [9.17, 15) is 9.59 Å². The van der Waals surface area contributed by atoms with Crippen LogP contribution >= 0.6 is 0 Å². The number of aliphatic carboxylic acids is 1. The van der Waals surface area contributed by atoms with E-state index < -0.39 is 12.1 Å². The molecule has 16 heavy (non-hydrogen) atoms. The van der Waals surface area contributed by atoms with Crippen molar-refractivity contribution < 1.29 is 19.4 Å². The van der Waals surface area contributed by atoms with Gasteiger partial charge >= 0.3 is 5.97 Å². The molecular weight excluding hydrogens is 210 g/mol. The van der Waals surface area contributed by atoms with E-state index in [1.807, 2.05) is 6.08 Å². The van der Waals surface area contributed by atoms with Gasteiger partial charge in [-0.05, 0) is 19.3 Å². The molecule has 90 valence electrons. The highest BCUT2D eigenvalue weighted by Crippen LogP contribution is 2.17. The number of rotatable bonds is 5. The van der Waals surface area contributed by atoms with Crippen molar-refractivity contribution in [1.82, 2.24) is 5.32 Å². The molecule has 0 saturated heterocycles. The number of allylic oxidation sites excluding steroid dienone is 2. The molecule has 0 aromatic rings. The second kappa shape index (κ2) is 6.27. The fraction of sp³-hybridized carbons (Fsp3) is 0.636. The van der Waals surface area contributed by atoms with Crippen LogP contribution in [0.5, 0.6) is 0 Å². The first-order valence-corrected chi connectivity index (χ1v) is 5.33. The van der Waals surface area contributed by atoms with Crippen LogP contribution in [0.2, 0.25) is 0 Å². The van der Waals surface area contributed by atoms with Crippen LogP contribution < -0.4 is 5.32 Å². The molecule has 0 heterocycles. The van der Waals surface area contributed by atoms with Crippen LogP contribution in [0.25, 0.3) is 0 Å². The third-order valence-corrected chi connectivity index (χ3v) is 2.66. The zero-order valence-electron chi connectivity index (χ0n) is 9.31. The molecule has 5 heteroatoms. The van der Waals surface area contributed by atoms with Gasteiger partial charge in [0.15, 0.2) is 6.10 Å². The van der Waals surface area contributed by atoms with Crippen molar-refractivity contribution in [3.05, 3.63) is 12.2 Å². The van der Waals surface area contributed by atoms with Crippen LogP contribution in [0, 0.1) is 5.92 Å². The SMILES string of the molecule is COC(CNC(=O)C1CC=CCC1)C(=O)O. The lowest BCUT2D eigenvalue weighted by Gasteiger charge is -2.18. The molecule has 0 aliphatic heterocycles. The lowest BCUT2D eigenvalue weighted by atomic mass is 9.94. The fourth-order valence-corrected chi connectivity index (χ4v) is 1.64. The number of ether oxygens (including phenoxy) is 1. The van der Waals surface area contributed by atoms with Crippen molar-refractivity contribution in [1.29, 1.82) is 0 Å². The Balaban J connectivity index is 2.33. The number of carbonyl (C=O) groups excluding carboxylic acids is 1. The van der Waals surface area contributed by atoms with Gasteiger partial charge in [-0.15, -0.1) is 0 Å². The Morgan fingerprint density at radius 3 is 2.81 bits per heavy atom. The van der Waals surface area contributed by atoms with Gasteiger partial charge in [0.25, 0.3) is 0 Å². The molecule has 2 N–H and O–H groups in total. The number of methoxy groups -OCH3 is 1. The number of hydrogen-bond acceptors (Lipinski definition) is 3. The monoisotopic (exact) mass is 227 g/mol. The maximum Gasteiger partial charge on any atom is 0.334 e. The van der Waals surface area contributed by atoms with Gasteiger partial charge in [0.1, 0.15) is 0 Å². The first-order chi connectivity index (χ1) is 7.65. The van der Waals surface area contributed by atoms with Crippen LogP contribution in [-0.4, -0.2) is 36.7 Å². The number of amides is 1. The fourth-order valence-electron chi connectivity index (χ4n) is 1.64. The van der Waals surface area contributed by atoms with Crippen molar-refractivity contribution in [3.8, 4) is 0 Å². The molecule has 0 bridgehead atoms. The van der Waals surface area contributed by atoms with Crippen LogP contribution in [-0.2, 0) is 14.3 Å². The Kier molecular flexibility index (Phi) is 4.98. The predicted molar refractivity (Wildman–Crippen MR) is 57.9 cm³/mol. The molecule has 0 radical (unpaired) electrons. The van der Waals surface area contributed by atoms with Crippen LogP contribution in [0.15, 0.2) is 12.2 Å². The molecule has 0 fully saturated rings. The molecule has 0 saturated carbocycles. The van der Waals surface area contributed by atoms with E-state index in [0.29, 0.717) is 0 Å². The van der Waals surface area contributed by atoms with Crippen molar-refractivity contribution in [2.75, 3.05) is 13.7 Å². The number of carboxylic acid groups (broad SMARTS) is 1. The Morgan fingerprint density at radius 2 is 2.31 bits per heavy atom. The van der Waals surface area contributed by atoms with Crippen LogP contribution in [0.3, 0.4) is 0 Å². The standard InChI is InChI=1S/C11H17NO4/c1-16-9(11(14)15)7-12-10(13)8-5-3-2-4-6-8/h2-3,8-9H,4-7H2,1H3,(H,12,13)(H,14,15). The predicted octanol–water partition coefficient (Wildman–Crippen LogP) is 0.558. The summed E-state index contributed by atoms with van der Waals surface area (Å²) in [6.07, 6.45) is 5.54. The molecule has 2 atom stereocenters. The molecular formula is C11H17NO4. The van der Waals surface area contributed by atoms with E-state index in [1.54, 1.807) is 0 Å². The van der Waals surface area contributed by atoms with Crippen molar-refractivity contribution in [2.24, 2.45) is 5.92 Å². The normalized spacial score (nSPS) is 21.4. The summed E-state index contributed by atoms with van der Waals surface area (Å²) in [6.45, 7) is 0.0187. The van der Waals surface area contributed by atoms with Gasteiger partial charge in [-0.3, -0.25) is 4.79 Å². The lowest BCUT2D eigenvalue weighted by molar-refractivity contribution is -0.148. The Hall–Kier alpha value is -1.36. The Labute approximate surface area is 94.5 Å². The number of carbonyl (C=O) groups is 2. The summed E-state index contributed by atoms with van der Waals surface area (Å²) in [6, 6.07) is 0. The summed E-state index contributed by atoms with van der Waals surface area (Å²) in [5, 5.41) is 11.3. The molecule has 1 aliphatic carbocycles. The van der Waals surface area contributed by atoms with E-state index in [1.165, 1.54) is 7.11 Å². The van der Waals surface area contributed by atoms with E-state index >= 15 is 0 Å². The minimum Gasteiger partial charge on any atom is -0.479 e. The minimum atomic E-state index is -1.06. The van der Waals surface area contributed by atoms with E-state index in [-0.39, 0.29) is 18.4 Å². The van der Waals surface area contributed by atoms with Gasteiger partial charge in [-0.2, -0.15) is 0 Å². The van der Waals surface area contributed by atoms with Crippen molar-refractivity contribution >= 4 is 11.9 Å². The summed E-state index contributed by atoms with van der Waals surface area (Å²) < 4.78 is 4.72. The smallest absolute Gasteiger partial charge is 0.334 e. The molecule has 5 nitrogen and oxygen atoms in total. The second-order valence-corrected chi connectivity index (χ2v) is 3.79. The van der Waals surface area contributed by atoms with E-state index in [0.717, 1.165) is 19.3 Å². The molecule has 1 rings (SSSR count). The zero-order chi connectivity index (χ0) is 12.0. The molecule has 0 aromatic heterocycles. The molecule has 1 amide bonds. The third kappa shape index (κ3) is 3.66. The summed E-state index contributed by atoms with van der Waals surface area (Å²) in [5.74, 6) is -1.18. The quantitative estimate of drug-likeness (QED) is 0.673. The number of hydrogen-bond donors (Lipinski definition) is 2. The highest BCUT2D eigenvalue weighted by Gasteiger charge is 2.21. The maximum atomic E-state index is 11.6. The van der Waals surface area contributed by atoms with Crippen molar-refractivity contribution in [2.45, 2.75) is 25.4 Å². The second-order valence-electron chi connectivity index (χ2n) is 3.79. The summed E-state index contributed by atoms with van der Waals surface area (Å²) in [4.78, 5) is 22.3. The number of nitrogens with one attached hydrogen (secondary N) is 1. The van der Waals surface area contributed by atoms with Crippen LogP contribution in [0.4, 0.5) is 0 Å². The topological polar surface area (TPSA) is 75.6 Å². The molecule has 1 aliphatic rings. The largest absolute Gasteiger partial charge is 0.479 e. The zero-order valence-corrected chi connectivity index (χ0v) is 9.31. The molecule has 0 aromatic carbocycles. The highest BCUT2D eigenvalue weighted by atomic mass is 16.5.